The molecule has 14 heavy (non-hydrogen) atoms. The van der Waals surface area contributed by atoms with Gasteiger partial charge in [-0.2, -0.15) is 0 Å². The summed E-state index contributed by atoms with van der Waals surface area (Å²) >= 11 is 3.05. The zero-order chi connectivity index (χ0) is 10.7. The molecule has 76 valence electrons. The van der Waals surface area contributed by atoms with E-state index >= 15 is 0 Å². The van der Waals surface area contributed by atoms with Gasteiger partial charge in [0.05, 0.1) is 7.11 Å². The predicted molar refractivity (Wildman–Crippen MR) is 51.1 cm³/mol. The second-order valence-electron chi connectivity index (χ2n) is 2.63. The van der Waals surface area contributed by atoms with Gasteiger partial charge in [-0.25, -0.2) is 9.18 Å². The predicted octanol–water partition coefficient (Wildman–Crippen LogP) is 1.79. The van der Waals surface area contributed by atoms with Crippen molar-refractivity contribution in [2.24, 2.45) is 0 Å². The van der Waals surface area contributed by atoms with Gasteiger partial charge in [-0.3, -0.25) is 0 Å². The minimum Gasteiger partial charge on any atom is -0.467 e. The van der Waals surface area contributed by atoms with Crippen LogP contribution >= 0.6 is 15.9 Å². The Bertz CT molecular complexity index is 334. The third-order valence-electron chi connectivity index (χ3n) is 1.63. The van der Waals surface area contributed by atoms with Crippen LogP contribution in [0.4, 0.5) is 4.39 Å². The van der Waals surface area contributed by atoms with Crippen LogP contribution in [0.15, 0.2) is 22.7 Å². The van der Waals surface area contributed by atoms with Gasteiger partial charge in [0.25, 0.3) is 0 Å². The number of aliphatic hydroxyl groups is 1. The molecule has 0 bridgehead atoms. The highest BCUT2D eigenvalue weighted by molar-refractivity contribution is 9.10. The molecule has 1 atom stereocenters. The van der Waals surface area contributed by atoms with Gasteiger partial charge >= 0.3 is 5.97 Å². The van der Waals surface area contributed by atoms with Crippen LogP contribution in [0.2, 0.25) is 0 Å². The number of hydrogen-bond acceptors (Lipinski definition) is 3. The monoisotopic (exact) mass is 262 g/mol. The van der Waals surface area contributed by atoms with Crippen LogP contribution in [0.25, 0.3) is 0 Å². The van der Waals surface area contributed by atoms with E-state index in [-0.39, 0.29) is 5.56 Å². The highest BCUT2D eigenvalue weighted by Crippen LogP contribution is 2.20. The van der Waals surface area contributed by atoms with Crippen LogP contribution in [-0.2, 0) is 9.53 Å². The summed E-state index contributed by atoms with van der Waals surface area (Å²) in [5, 5.41) is 9.38. The number of benzene rings is 1. The standard InChI is InChI=1S/C9H8BrFO3/c1-14-9(13)8(12)5-2-6(10)4-7(11)3-5/h2-4,8,12H,1H3. The molecule has 0 saturated heterocycles. The number of esters is 1. The third-order valence-corrected chi connectivity index (χ3v) is 2.08. The topological polar surface area (TPSA) is 46.5 Å². The molecule has 3 nitrogen and oxygen atoms in total. The Hall–Kier alpha value is -0.940. The van der Waals surface area contributed by atoms with E-state index < -0.39 is 17.9 Å². The zero-order valence-electron chi connectivity index (χ0n) is 7.33. The van der Waals surface area contributed by atoms with Gasteiger partial charge in [-0.1, -0.05) is 15.9 Å². The molecule has 0 heterocycles. The van der Waals surface area contributed by atoms with Crippen molar-refractivity contribution in [2.75, 3.05) is 7.11 Å². The summed E-state index contributed by atoms with van der Waals surface area (Å²) < 4.78 is 17.6. The normalized spacial score (nSPS) is 12.3. The Kier molecular flexibility index (Phi) is 3.60. The minimum absolute atomic E-state index is 0.156. The SMILES string of the molecule is COC(=O)C(O)c1cc(F)cc(Br)c1. The zero-order valence-corrected chi connectivity index (χ0v) is 8.92. The fourth-order valence-electron chi connectivity index (χ4n) is 0.981. The lowest BCUT2D eigenvalue weighted by Crippen LogP contribution is -2.13. The molecule has 0 aliphatic heterocycles. The average Bonchev–Trinajstić information content (AvgIpc) is 2.14. The molecule has 1 rings (SSSR count). The van der Waals surface area contributed by atoms with E-state index in [2.05, 4.69) is 20.7 Å². The van der Waals surface area contributed by atoms with Crippen molar-refractivity contribution in [1.29, 1.82) is 0 Å². The lowest BCUT2D eigenvalue weighted by molar-refractivity contribution is -0.150. The van der Waals surface area contributed by atoms with Gasteiger partial charge < -0.3 is 9.84 Å². The van der Waals surface area contributed by atoms with Crippen molar-refractivity contribution in [1.82, 2.24) is 0 Å². The molecular weight excluding hydrogens is 255 g/mol. The lowest BCUT2D eigenvalue weighted by Gasteiger charge is -2.08. The van der Waals surface area contributed by atoms with Crippen molar-refractivity contribution < 1.29 is 19.0 Å². The van der Waals surface area contributed by atoms with Crippen LogP contribution in [-0.4, -0.2) is 18.2 Å². The van der Waals surface area contributed by atoms with E-state index in [4.69, 9.17) is 0 Å². The van der Waals surface area contributed by atoms with E-state index in [0.29, 0.717) is 4.47 Å². The number of carbonyl (C=O) groups excluding carboxylic acids is 1. The van der Waals surface area contributed by atoms with E-state index in [1.807, 2.05) is 0 Å². The number of methoxy groups -OCH3 is 1. The van der Waals surface area contributed by atoms with E-state index in [1.165, 1.54) is 12.1 Å². The molecule has 0 aliphatic carbocycles. The highest BCUT2D eigenvalue weighted by atomic mass is 79.9. The Morgan fingerprint density at radius 1 is 1.57 bits per heavy atom. The van der Waals surface area contributed by atoms with Gasteiger partial charge in [0.2, 0.25) is 0 Å². The summed E-state index contributed by atoms with van der Waals surface area (Å²) in [7, 11) is 1.15. The Balaban J connectivity index is 3.00. The lowest BCUT2D eigenvalue weighted by atomic mass is 10.1. The maximum absolute atomic E-state index is 12.9. The van der Waals surface area contributed by atoms with Gasteiger partial charge in [0.15, 0.2) is 6.10 Å². The summed E-state index contributed by atoms with van der Waals surface area (Å²) in [6.07, 6.45) is -1.45. The molecule has 0 saturated carbocycles. The molecular formula is C9H8BrFO3. The molecule has 5 heteroatoms. The Morgan fingerprint density at radius 2 is 2.21 bits per heavy atom. The van der Waals surface area contributed by atoms with Gasteiger partial charge in [0, 0.05) is 4.47 Å². The third kappa shape index (κ3) is 2.52. The molecule has 0 amide bonds. The number of hydrogen-bond donors (Lipinski definition) is 1. The summed E-state index contributed by atoms with van der Waals surface area (Å²) in [5.41, 5.74) is 0.156. The van der Waals surface area contributed by atoms with Crippen LogP contribution in [0.1, 0.15) is 11.7 Å². The highest BCUT2D eigenvalue weighted by Gasteiger charge is 2.18. The smallest absolute Gasteiger partial charge is 0.339 e. The Labute approximate surface area is 88.6 Å². The number of carbonyl (C=O) groups is 1. The first-order valence-electron chi connectivity index (χ1n) is 3.76. The first-order chi connectivity index (χ1) is 6.54. The van der Waals surface area contributed by atoms with Crippen molar-refractivity contribution in [2.45, 2.75) is 6.10 Å². The second kappa shape index (κ2) is 4.52. The first kappa shape index (κ1) is 11.1. The van der Waals surface area contributed by atoms with E-state index in [1.54, 1.807) is 0 Å². The van der Waals surface area contributed by atoms with Crippen molar-refractivity contribution >= 4 is 21.9 Å². The van der Waals surface area contributed by atoms with Gasteiger partial charge in [-0.15, -0.1) is 0 Å². The summed E-state index contributed by atoms with van der Waals surface area (Å²) in [6, 6.07) is 3.75. The maximum Gasteiger partial charge on any atom is 0.339 e. The molecule has 0 aromatic heterocycles. The summed E-state index contributed by atoms with van der Waals surface area (Å²) in [4.78, 5) is 10.9. The molecule has 0 fully saturated rings. The van der Waals surface area contributed by atoms with Crippen molar-refractivity contribution in [3.8, 4) is 0 Å². The molecule has 0 aliphatic rings. The fraction of sp³-hybridized carbons (Fsp3) is 0.222. The molecule has 0 spiro atoms. The van der Waals surface area contributed by atoms with Crippen molar-refractivity contribution in [3.05, 3.63) is 34.1 Å². The molecule has 1 unspecified atom stereocenters. The molecule has 1 aromatic carbocycles. The number of rotatable bonds is 2. The summed E-state index contributed by atoms with van der Waals surface area (Å²) in [5.74, 6) is -1.35. The molecule has 1 N–H and O–H groups in total. The van der Waals surface area contributed by atoms with Crippen LogP contribution < -0.4 is 0 Å². The van der Waals surface area contributed by atoms with Crippen LogP contribution in [0, 0.1) is 5.82 Å². The van der Waals surface area contributed by atoms with Crippen LogP contribution in [0.5, 0.6) is 0 Å². The number of aliphatic hydroxyl groups excluding tert-OH is 1. The summed E-state index contributed by atoms with van der Waals surface area (Å²) in [6.45, 7) is 0. The second-order valence-corrected chi connectivity index (χ2v) is 3.54. The Morgan fingerprint density at radius 3 is 2.71 bits per heavy atom. The van der Waals surface area contributed by atoms with E-state index in [9.17, 15) is 14.3 Å². The first-order valence-corrected chi connectivity index (χ1v) is 4.56. The largest absolute Gasteiger partial charge is 0.467 e. The molecule has 1 aromatic rings. The maximum atomic E-state index is 12.9. The number of ether oxygens (including phenoxy) is 1. The van der Waals surface area contributed by atoms with Gasteiger partial charge in [-0.05, 0) is 23.8 Å². The quantitative estimate of drug-likeness (QED) is 0.827. The van der Waals surface area contributed by atoms with Crippen LogP contribution in [0.3, 0.4) is 0 Å². The van der Waals surface area contributed by atoms with Crippen molar-refractivity contribution in [3.63, 3.8) is 0 Å². The van der Waals surface area contributed by atoms with Gasteiger partial charge in [0.1, 0.15) is 5.82 Å². The average molecular weight is 263 g/mol. The minimum atomic E-state index is -1.45. The van der Waals surface area contributed by atoms with E-state index in [0.717, 1.165) is 13.2 Å². The number of halogens is 2. The fourth-order valence-corrected chi connectivity index (χ4v) is 1.46. The molecule has 0 radical (unpaired) electrons.